The van der Waals surface area contributed by atoms with Gasteiger partial charge in [0.25, 0.3) is 10.0 Å². The molecule has 6 nitrogen and oxygen atoms in total. The molecule has 3 N–H and O–H groups in total. The molecule has 27 heavy (non-hydrogen) atoms. The van der Waals surface area contributed by atoms with E-state index in [2.05, 4.69) is 15.4 Å². The zero-order chi connectivity index (χ0) is 19.3. The number of nitrogens with one attached hydrogen (secondary N) is 3. The zero-order valence-corrected chi connectivity index (χ0v) is 17.6. The van der Waals surface area contributed by atoms with Crippen molar-refractivity contribution in [3.8, 4) is 0 Å². The summed E-state index contributed by atoms with van der Waals surface area (Å²) in [5.41, 5.74) is 1.37. The van der Waals surface area contributed by atoms with E-state index in [1.54, 1.807) is 51.2 Å². The highest BCUT2D eigenvalue weighted by atomic mass is 35.5. The molecule has 9 heteroatoms. The molecule has 0 saturated carbocycles. The molecule has 2 aromatic rings. The summed E-state index contributed by atoms with van der Waals surface area (Å²) in [6, 6.07) is 11.2. The van der Waals surface area contributed by atoms with Crippen LogP contribution in [-0.4, -0.2) is 27.9 Å². The third kappa shape index (κ3) is 6.39. The lowest BCUT2D eigenvalue weighted by atomic mass is 10.1. The normalized spacial score (nSPS) is 12.0. The van der Waals surface area contributed by atoms with Crippen LogP contribution in [0.1, 0.15) is 12.5 Å². The van der Waals surface area contributed by atoms with Crippen molar-refractivity contribution < 1.29 is 13.2 Å². The standard InChI is InChI=1S/C18H22ClN3O3S.ClH/c1-12-7-8-15(21-18(23)13(2)11-20-3)10-17(12)26(24,25)22-16-6-4-5-14(19)9-16;/h4-10,13,20,22H,11H2,1-3H3,(H,21,23);1H. The van der Waals surface area contributed by atoms with Crippen LogP contribution in [-0.2, 0) is 14.8 Å². The lowest BCUT2D eigenvalue weighted by Gasteiger charge is -2.15. The van der Waals surface area contributed by atoms with Gasteiger partial charge in [-0.1, -0.05) is 30.7 Å². The molecule has 1 amide bonds. The molecule has 0 aliphatic rings. The number of aryl methyl sites for hydroxylation is 1. The van der Waals surface area contributed by atoms with Crippen LogP contribution < -0.4 is 15.4 Å². The first-order valence-electron chi connectivity index (χ1n) is 8.07. The summed E-state index contributed by atoms with van der Waals surface area (Å²) in [5, 5.41) is 6.11. The van der Waals surface area contributed by atoms with Crippen molar-refractivity contribution in [3.63, 3.8) is 0 Å². The Morgan fingerprint density at radius 3 is 2.48 bits per heavy atom. The fourth-order valence-electron chi connectivity index (χ4n) is 2.39. The van der Waals surface area contributed by atoms with Crippen molar-refractivity contribution in [1.82, 2.24) is 5.32 Å². The first-order valence-corrected chi connectivity index (χ1v) is 9.93. The van der Waals surface area contributed by atoms with Crippen molar-refractivity contribution in [2.75, 3.05) is 23.6 Å². The lowest BCUT2D eigenvalue weighted by molar-refractivity contribution is -0.119. The van der Waals surface area contributed by atoms with Gasteiger partial charge in [-0.2, -0.15) is 0 Å². The van der Waals surface area contributed by atoms with Gasteiger partial charge in [0.05, 0.1) is 10.6 Å². The Hall–Kier alpha value is -1.80. The molecular weight excluding hydrogens is 409 g/mol. The quantitative estimate of drug-likeness (QED) is 0.623. The number of amides is 1. The average molecular weight is 432 g/mol. The molecule has 2 rings (SSSR count). The minimum atomic E-state index is -3.82. The van der Waals surface area contributed by atoms with E-state index in [0.717, 1.165) is 0 Å². The molecule has 0 heterocycles. The fraction of sp³-hybridized carbons (Fsp3) is 0.278. The van der Waals surface area contributed by atoms with Gasteiger partial charge in [-0.25, -0.2) is 8.42 Å². The summed E-state index contributed by atoms with van der Waals surface area (Å²) in [5.74, 6) is -0.430. The van der Waals surface area contributed by atoms with Crippen molar-refractivity contribution >= 4 is 51.3 Å². The predicted molar refractivity (Wildman–Crippen MR) is 112 cm³/mol. The molecule has 148 valence electrons. The number of benzene rings is 2. The van der Waals surface area contributed by atoms with Crippen molar-refractivity contribution in [3.05, 3.63) is 53.1 Å². The minimum Gasteiger partial charge on any atom is -0.326 e. The first-order chi connectivity index (χ1) is 12.2. The third-order valence-electron chi connectivity index (χ3n) is 3.78. The second kappa shape index (κ2) is 9.94. The topological polar surface area (TPSA) is 87.3 Å². The van der Waals surface area contributed by atoms with E-state index >= 15 is 0 Å². The van der Waals surface area contributed by atoms with Crippen LogP contribution in [0.25, 0.3) is 0 Å². The number of hydrogen-bond donors (Lipinski definition) is 3. The molecule has 0 saturated heterocycles. The molecule has 0 aliphatic carbocycles. The van der Waals surface area contributed by atoms with Crippen LogP contribution in [0.4, 0.5) is 11.4 Å². The Labute approximate surface area is 171 Å². The molecule has 0 fully saturated rings. The van der Waals surface area contributed by atoms with Crippen LogP contribution in [0.3, 0.4) is 0 Å². The summed E-state index contributed by atoms with van der Waals surface area (Å²) in [4.78, 5) is 12.2. The maximum atomic E-state index is 12.7. The van der Waals surface area contributed by atoms with Crippen LogP contribution >= 0.6 is 24.0 Å². The third-order valence-corrected chi connectivity index (χ3v) is 5.54. The van der Waals surface area contributed by atoms with Crippen LogP contribution in [0.2, 0.25) is 5.02 Å². The van der Waals surface area contributed by atoms with Gasteiger partial charge in [-0.05, 0) is 49.9 Å². The summed E-state index contributed by atoms with van der Waals surface area (Å²) < 4.78 is 28.0. The number of carbonyl (C=O) groups excluding carboxylic acids is 1. The van der Waals surface area contributed by atoms with Gasteiger partial charge < -0.3 is 10.6 Å². The molecule has 1 unspecified atom stereocenters. The fourth-order valence-corrected chi connectivity index (χ4v) is 3.91. The van der Waals surface area contributed by atoms with E-state index in [1.807, 2.05) is 0 Å². The van der Waals surface area contributed by atoms with Crippen molar-refractivity contribution in [1.29, 1.82) is 0 Å². The summed E-state index contributed by atoms with van der Waals surface area (Å²) in [7, 11) is -2.06. The van der Waals surface area contributed by atoms with Gasteiger partial charge >= 0.3 is 0 Å². The summed E-state index contributed by atoms with van der Waals surface area (Å²) >= 11 is 5.90. The van der Waals surface area contributed by atoms with Gasteiger partial charge in [0.2, 0.25) is 5.91 Å². The second-order valence-electron chi connectivity index (χ2n) is 6.04. The Balaban J connectivity index is 0.00000364. The smallest absolute Gasteiger partial charge is 0.262 e. The summed E-state index contributed by atoms with van der Waals surface area (Å²) in [6.07, 6.45) is 0. The van der Waals surface area contributed by atoms with Gasteiger partial charge in [-0.15, -0.1) is 12.4 Å². The predicted octanol–water partition coefficient (Wildman–Crippen LogP) is 3.67. The van der Waals surface area contributed by atoms with Gasteiger partial charge in [0, 0.05) is 23.2 Å². The van der Waals surface area contributed by atoms with Crippen LogP contribution in [0.15, 0.2) is 47.4 Å². The Bertz CT molecular complexity index is 904. The maximum Gasteiger partial charge on any atom is 0.262 e. The highest BCUT2D eigenvalue weighted by Gasteiger charge is 2.19. The Morgan fingerprint density at radius 2 is 1.85 bits per heavy atom. The Kier molecular flexibility index (Phi) is 8.56. The highest BCUT2D eigenvalue weighted by Crippen LogP contribution is 2.24. The van der Waals surface area contributed by atoms with Gasteiger partial charge in [-0.3, -0.25) is 9.52 Å². The van der Waals surface area contributed by atoms with Crippen molar-refractivity contribution in [2.45, 2.75) is 18.7 Å². The number of anilines is 2. The number of halogens is 2. The average Bonchev–Trinajstić information content (AvgIpc) is 2.56. The largest absolute Gasteiger partial charge is 0.326 e. The number of hydrogen-bond acceptors (Lipinski definition) is 4. The molecule has 1 atom stereocenters. The SMILES string of the molecule is CNCC(C)C(=O)Nc1ccc(C)c(S(=O)(=O)Nc2cccc(Cl)c2)c1.Cl. The molecule has 0 aromatic heterocycles. The maximum absolute atomic E-state index is 12.7. The van der Waals surface area contributed by atoms with E-state index in [1.165, 1.54) is 12.1 Å². The monoisotopic (exact) mass is 431 g/mol. The lowest BCUT2D eigenvalue weighted by Crippen LogP contribution is -2.28. The number of sulfonamides is 1. The summed E-state index contributed by atoms with van der Waals surface area (Å²) in [6.45, 7) is 4.01. The molecule has 0 radical (unpaired) electrons. The van der Waals surface area contributed by atoms with Crippen molar-refractivity contribution in [2.24, 2.45) is 5.92 Å². The molecule has 2 aromatic carbocycles. The second-order valence-corrected chi connectivity index (χ2v) is 8.13. The van der Waals surface area contributed by atoms with Crippen LogP contribution in [0, 0.1) is 12.8 Å². The zero-order valence-electron chi connectivity index (χ0n) is 15.2. The molecule has 0 spiro atoms. The number of rotatable bonds is 7. The van der Waals surface area contributed by atoms with Gasteiger partial charge in [0.1, 0.15) is 0 Å². The highest BCUT2D eigenvalue weighted by molar-refractivity contribution is 7.92. The van der Waals surface area contributed by atoms with E-state index in [9.17, 15) is 13.2 Å². The molecular formula is C18H23Cl2N3O3S. The minimum absolute atomic E-state index is 0. The van der Waals surface area contributed by atoms with E-state index < -0.39 is 10.0 Å². The van der Waals surface area contributed by atoms with E-state index in [4.69, 9.17) is 11.6 Å². The molecule has 0 aliphatic heterocycles. The Morgan fingerprint density at radius 1 is 1.15 bits per heavy atom. The van der Waals surface area contributed by atoms with E-state index in [-0.39, 0.29) is 29.1 Å². The first kappa shape index (κ1) is 23.2. The number of carbonyl (C=O) groups is 1. The van der Waals surface area contributed by atoms with Crippen LogP contribution in [0.5, 0.6) is 0 Å². The van der Waals surface area contributed by atoms with E-state index in [0.29, 0.717) is 28.5 Å². The molecule has 0 bridgehead atoms. The van der Waals surface area contributed by atoms with Gasteiger partial charge in [0.15, 0.2) is 0 Å².